The van der Waals surface area contributed by atoms with E-state index in [4.69, 9.17) is 4.74 Å². The molecule has 26 heavy (non-hydrogen) atoms. The number of benzene rings is 1. The number of tetrazole rings is 1. The van der Waals surface area contributed by atoms with Gasteiger partial charge in [-0.05, 0) is 59.5 Å². The van der Waals surface area contributed by atoms with E-state index in [0.29, 0.717) is 18.6 Å². The van der Waals surface area contributed by atoms with E-state index in [9.17, 15) is 13.2 Å². The minimum Gasteiger partial charge on any atom is -0.468 e. The van der Waals surface area contributed by atoms with Crippen molar-refractivity contribution in [2.75, 3.05) is 10.9 Å². The van der Waals surface area contributed by atoms with Crippen LogP contribution in [-0.2, 0) is 20.4 Å². The van der Waals surface area contributed by atoms with Gasteiger partial charge in [-0.3, -0.25) is 9.10 Å². The quantitative estimate of drug-likeness (QED) is 0.317. The molecule has 0 aliphatic heterocycles. The van der Waals surface area contributed by atoms with E-state index in [2.05, 4.69) is 15.5 Å². The maximum absolute atomic E-state index is 12.0. The van der Waals surface area contributed by atoms with Crippen LogP contribution in [-0.4, -0.2) is 47.7 Å². The number of hydrogen-bond donors (Lipinski definition) is 1. The molecule has 0 N–H and O–H groups in total. The third-order valence-corrected chi connectivity index (χ3v) is 5.15. The molecule has 1 atom stereocenters. The lowest BCUT2D eigenvalue weighted by Crippen LogP contribution is -2.37. The molecule has 0 fully saturated rings. The number of nitrogens with zero attached hydrogens (tertiary/aromatic N) is 5. The molecule has 0 bridgehead atoms. The maximum Gasteiger partial charge on any atom is 0.293 e. The molecule has 3 rings (SSSR count). The summed E-state index contributed by atoms with van der Waals surface area (Å²) in [5.74, 6) is 0. The van der Waals surface area contributed by atoms with Gasteiger partial charge in [-0.2, -0.15) is 0 Å². The molecule has 0 saturated carbocycles. The number of allylic oxidation sites excluding steroid dienone is 1. The summed E-state index contributed by atoms with van der Waals surface area (Å²) in [6.07, 6.45) is 6.57. The van der Waals surface area contributed by atoms with E-state index >= 15 is 0 Å². The summed E-state index contributed by atoms with van der Waals surface area (Å²) < 4.78 is 31.7. The smallest absolute Gasteiger partial charge is 0.293 e. The highest BCUT2D eigenvalue weighted by atomic mass is 32.2. The molecule has 0 radical (unpaired) electrons. The normalized spacial score (nSPS) is 17.0. The lowest BCUT2D eigenvalue weighted by atomic mass is 9.92. The van der Waals surface area contributed by atoms with E-state index in [-0.39, 0.29) is 12.6 Å². The van der Waals surface area contributed by atoms with Crippen LogP contribution < -0.4 is 4.31 Å². The first kappa shape index (κ1) is 18.1. The molecule has 1 aromatic heterocycles. The summed E-state index contributed by atoms with van der Waals surface area (Å²) in [6, 6.07) is 6.73. The summed E-state index contributed by atoms with van der Waals surface area (Å²) >= 11 is 0. The Labute approximate surface area is 152 Å². The topological polar surface area (TPSA) is 107 Å². The zero-order valence-corrected chi connectivity index (χ0v) is 14.9. The highest BCUT2D eigenvalue weighted by Gasteiger charge is 2.26. The Balaban J connectivity index is 1.85. The molecule has 1 aliphatic rings. The lowest BCUT2D eigenvalue weighted by molar-refractivity contribution is -0.128. The molecule has 1 heterocycles. The van der Waals surface area contributed by atoms with Gasteiger partial charge in [-0.25, -0.2) is 13.1 Å². The predicted octanol–water partition coefficient (Wildman–Crippen LogP) is 1.04. The van der Waals surface area contributed by atoms with Crippen LogP contribution in [0.25, 0.3) is 5.69 Å². The molecule has 0 spiro atoms. The monoisotopic (exact) mass is 377 g/mol. The van der Waals surface area contributed by atoms with Crippen molar-refractivity contribution in [3.63, 3.8) is 0 Å². The molecular weight excluding hydrogens is 358 g/mol. The first-order valence-electron chi connectivity index (χ1n) is 8.22. The zero-order chi connectivity index (χ0) is 18.4. The first-order valence-corrected chi connectivity index (χ1v) is 9.35. The molecule has 1 aromatic carbocycles. The van der Waals surface area contributed by atoms with Crippen molar-refractivity contribution in [1.29, 1.82) is 0 Å². The number of aromatic nitrogens is 4. The van der Waals surface area contributed by atoms with Crippen molar-refractivity contribution >= 4 is 23.0 Å². The van der Waals surface area contributed by atoms with Crippen LogP contribution in [0.2, 0.25) is 0 Å². The van der Waals surface area contributed by atoms with Crippen molar-refractivity contribution in [1.82, 2.24) is 20.2 Å². The fourth-order valence-electron chi connectivity index (χ4n) is 3.12. The second-order valence-corrected chi connectivity index (χ2v) is 6.70. The molecule has 1 aliphatic carbocycles. The molecule has 138 valence electrons. The second-order valence-electron chi connectivity index (χ2n) is 5.80. The third-order valence-electron chi connectivity index (χ3n) is 4.29. The largest absolute Gasteiger partial charge is 0.468 e. The fourth-order valence-corrected chi connectivity index (χ4v) is 3.93. The highest BCUT2D eigenvalue weighted by Crippen LogP contribution is 2.30. The van der Waals surface area contributed by atoms with Crippen molar-refractivity contribution in [2.24, 2.45) is 0 Å². The van der Waals surface area contributed by atoms with Gasteiger partial charge >= 0.3 is 0 Å². The van der Waals surface area contributed by atoms with Crippen molar-refractivity contribution in [3.8, 4) is 5.69 Å². The van der Waals surface area contributed by atoms with Gasteiger partial charge in [0, 0.05) is 6.42 Å². The Morgan fingerprint density at radius 2 is 2.12 bits per heavy atom. The Morgan fingerprint density at radius 3 is 2.77 bits per heavy atom. The van der Waals surface area contributed by atoms with E-state index in [1.807, 2.05) is 6.08 Å². The van der Waals surface area contributed by atoms with Gasteiger partial charge in [-0.15, -0.1) is 5.10 Å². The van der Waals surface area contributed by atoms with Crippen LogP contribution in [0.5, 0.6) is 0 Å². The van der Waals surface area contributed by atoms with Gasteiger partial charge in [0.05, 0.1) is 24.0 Å². The average Bonchev–Trinajstić information content (AvgIpc) is 3.18. The Hall–Kier alpha value is -2.75. The Morgan fingerprint density at radius 1 is 1.31 bits per heavy atom. The Bertz CT molecular complexity index is 825. The average molecular weight is 377 g/mol. The van der Waals surface area contributed by atoms with E-state index in [1.165, 1.54) is 15.3 Å². The molecule has 2 aromatic rings. The summed E-state index contributed by atoms with van der Waals surface area (Å²) in [6.45, 7) is 0.648. The summed E-state index contributed by atoms with van der Waals surface area (Å²) in [5.41, 5.74) is 2.28. The lowest BCUT2D eigenvalue weighted by Gasteiger charge is -2.33. The third kappa shape index (κ3) is 4.07. The van der Waals surface area contributed by atoms with Gasteiger partial charge in [0.25, 0.3) is 6.47 Å². The second kappa shape index (κ2) is 8.56. The fraction of sp³-hybridized carbons (Fsp3) is 0.375. The predicted molar refractivity (Wildman–Crippen MR) is 94.3 cm³/mol. The van der Waals surface area contributed by atoms with Crippen LogP contribution in [0.3, 0.4) is 0 Å². The highest BCUT2D eigenvalue weighted by molar-refractivity contribution is 7.74. The standard InChI is InChI=1S/C16H19N5O4S/c22-12-25-10-9-13-3-1-2-4-16(13)21(26(23)24)15-7-5-14(6-8-15)20-11-17-18-19-20/h3,5-8,11-12,16,26H,1-2,4,9-10H2. The van der Waals surface area contributed by atoms with Crippen LogP contribution >= 0.6 is 0 Å². The summed E-state index contributed by atoms with van der Waals surface area (Å²) in [7, 11) is -2.83. The Kier molecular flexibility index (Phi) is 5.95. The zero-order valence-electron chi connectivity index (χ0n) is 14.0. The van der Waals surface area contributed by atoms with Gasteiger partial charge < -0.3 is 4.74 Å². The first-order chi connectivity index (χ1) is 12.7. The number of carbonyl (C=O) groups is 1. The van der Waals surface area contributed by atoms with Gasteiger partial charge in [0.1, 0.15) is 6.33 Å². The van der Waals surface area contributed by atoms with Gasteiger partial charge in [-0.1, -0.05) is 6.08 Å². The number of anilines is 1. The maximum atomic E-state index is 12.0. The van der Waals surface area contributed by atoms with E-state index < -0.39 is 10.9 Å². The van der Waals surface area contributed by atoms with Crippen LogP contribution in [0.1, 0.15) is 25.7 Å². The molecule has 10 heteroatoms. The minimum absolute atomic E-state index is 0.244. The van der Waals surface area contributed by atoms with Crippen molar-refractivity contribution < 1.29 is 17.9 Å². The van der Waals surface area contributed by atoms with Gasteiger partial charge in [0.15, 0.2) is 0 Å². The number of hydrogen-bond acceptors (Lipinski definition) is 7. The molecule has 0 saturated heterocycles. The summed E-state index contributed by atoms with van der Waals surface area (Å²) in [5, 5.41) is 11.0. The number of ether oxygens (including phenoxy) is 1. The van der Waals surface area contributed by atoms with Gasteiger partial charge in [0.2, 0.25) is 10.9 Å². The molecule has 9 nitrogen and oxygen atoms in total. The number of thiol groups is 1. The summed E-state index contributed by atoms with van der Waals surface area (Å²) in [4.78, 5) is 10.4. The number of carbonyl (C=O) groups excluding carboxylic acids is 1. The van der Waals surface area contributed by atoms with Crippen molar-refractivity contribution in [2.45, 2.75) is 31.7 Å². The molecule has 1 unspecified atom stereocenters. The molecular formula is C16H19N5O4S. The van der Waals surface area contributed by atoms with Crippen LogP contribution in [0.4, 0.5) is 5.69 Å². The van der Waals surface area contributed by atoms with E-state index in [1.54, 1.807) is 24.3 Å². The van der Waals surface area contributed by atoms with Crippen LogP contribution in [0.15, 0.2) is 42.2 Å². The SMILES string of the molecule is O=COCCC1=CCCCC1N(c1ccc(-n2cnnn2)cc1)[SH](=O)=O. The van der Waals surface area contributed by atoms with Crippen molar-refractivity contribution in [3.05, 3.63) is 42.2 Å². The van der Waals surface area contributed by atoms with E-state index in [0.717, 1.165) is 30.5 Å². The van der Waals surface area contributed by atoms with Crippen LogP contribution in [0, 0.1) is 0 Å². The number of rotatable bonds is 8. The minimum atomic E-state index is -2.83. The molecule has 0 amide bonds.